The topological polar surface area (TPSA) is 64.2 Å². The molecule has 0 spiro atoms. The number of halogens is 1. The van der Waals surface area contributed by atoms with E-state index in [-0.39, 0.29) is 5.56 Å². The number of unbranched alkanes of at least 4 members (excludes halogenated alkanes) is 1. The van der Waals surface area contributed by atoms with E-state index in [9.17, 15) is 4.79 Å². The van der Waals surface area contributed by atoms with Crippen molar-refractivity contribution >= 4 is 26.8 Å². The van der Waals surface area contributed by atoms with Crippen molar-refractivity contribution in [1.82, 2.24) is 9.97 Å². The van der Waals surface area contributed by atoms with Gasteiger partial charge in [0.25, 0.3) is 5.56 Å². The second-order valence-corrected chi connectivity index (χ2v) is 6.48. The summed E-state index contributed by atoms with van der Waals surface area (Å²) in [6.07, 6.45) is 2.02. The molecule has 0 saturated heterocycles. The maximum Gasteiger partial charge on any atom is 0.259 e. The normalized spacial score (nSPS) is 10.8. The van der Waals surface area contributed by atoms with Crippen molar-refractivity contribution in [2.45, 2.75) is 19.8 Å². The van der Waals surface area contributed by atoms with Crippen molar-refractivity contribution in [1.29, 1.82) is 0 Å². The quantitative estimate of drug-likeness (QED) is 0.614. The maximum absolute atomic E-state index is 12.3. The van der Waals surface area contributed by atoms with Crippen LogP contribution in [-0.2, 0) is 0 Å². The highest BCUT2D eigenvalue weighted by Gasteiger charge is 2.14. The minimum absolute atomic E-state index is 0.168. The first kappa shape index (κ1) is 17.5. The van der Waals surface area contributed by atoms with Crippen LogP contribution in [0.4, 0.5) is 0 Å². The van der Waals surface area contributed by atoms with Crippen LogP contribution >= 0.6 is 15.9 Å². The number of rotatable bonds is 6. The summed E-state index contributed by atoms with van der Waals surface area (Å²) in [5.74, 6) is 1.74. The van der Waals surface area contributed by atoms with Gasteiger partial charge in [-0.2, -0.15) is 0 Å². The Morgan fingerprint density at radius 3 is 2.80 bits per heavy atom. The first-order valence-corrected chi connectivity index (χ1v) is 8.93. The third-order valence-corrected chi connectivity index (χ3v) is 4.45. The zero-order valence-electron chi connectivity index (χ0n) is 14.1. The van der Waals surface area contributed by atoms with Crippen LogP contribution < -0.4 is 15.0 Å². The molecule has 0 aliphatic heterocycles. The zero-order chi connectivity index (χ0) is 17.8. The average molecular weight is 403 g/mol. The number of nitrogens with zero attached hydrogens (tertiary/aromatic N) is 1. The summed E-state index contributed by atoms with van der Waals surface area (Å²) in [5.41, 5.74) is 1.23. The fraction of sp³-hybridized carbons (Fsp3) is 0.263. The standard InChI is InChI=1S/C19H19BrN2O3/c1-3-4-9-25-17-14(20)10-12(11-16(17)24-2)18-21-15-8-6-5-7-13(15)19(23)22-18/h5-8,10-11H,3-4,9H2,1-2H3,(H,21,22,23). The number of para-hydroxylation sites is 1. The van der Waals surface area contributed by atoms with Gasteiger partial charge in [-0.05, 0) is 46.6 Å². The van der Waals surface area contributed by atoms with Crippen molar-refractivity contribution in [2.24, 2.45) is 0 Å². The number of aromatic nitrogens is 2. The predicted molar refractivity (Wildman–Crippen MR) is 102 cm³/mol. The SMILES string of the molecule is CCCCOc1c(Br)cc(-c2nc3ccccc3c(=O)[nH]2)cc1OC. The van der Waals surface area contributed by atoms with Gasteiger partial charge < -0.3 is 14.5 Å². The van der Waals surface area contributed by atoms with Gasteiger partial charge in [0.15, 0.2) is 11.5 Å². The Morgan fingerprint density at radius 2 is 2.04 bits per heavy atom. The van der Waals surface area contributed by atoms with Gasteiger partial charge in [0, 0.05) is 5.56 Å². The van der Waals surface area contributed by atoms with Crippen LogP contribution in [-0.4, -0.2) is 23.7 Å². The van der Waals surface area contributed by atoms with Crippen molar-refractivity contribution < 1.29 is 9.47 Å². The van der Waals surface area contributed by atoms with Crippen LogP contribution in [0.3, 0.4) is 0 Å². The zero-order valence-corrected chi connectivity index (χ0v) is 15.7. The van der Waals surface area contributed by atoms with E-state index in [1.165, 1.54) is 0 Å². The molecule has 0 aliphatic carbocycles. The number of benzene rings is 2. The molecule has 130 valence electrons. The third kappa shape index (κ3) is 3.69. The van der Waals surface area contributed by atoms with E-state index in [0.29, 0.717) is 34.8 Å². The van der Waals surface area contributed by atoms with Gasteiger partial charge >= 0.3 is 0 Å². The van der Waals surface area contributed by atoms with Crippen molar-refractivity contribution in [2.75, 3.05) is 13.7 Å². The number of nitrogens with one attached hydrogen (secondary N) is 1. The van der Waals surface area contributed by atoms with E-state index in [1.54, 1.807) is 13.2 Å². The molecule has 0 amide bonds. The molecule has 0 atom stereocenters. The lowest BCUT2D eigenvalue weighted by atomic mass is 10.1. The lowest BCUT2D eigenvalue weighted by Gasteiger charge is -2.14. The highest BCUT2D eigenvalue weighted by Crippen LogP contribution is 2.39. The van der Waals surface area contributed by atoms with Gasteiger partial charge in [0.1, 0.15) is 5.82 Å². The number of H-pyrrole nitrogens is 1. The van der Waals surface area contributed by atoms with Gasteiger partial charge in [-0.1, -0.05) is 25.5 Å². The highest BCUT2D eigenvalue weighted by molar-refractivity contribution is 9.10. The Morgan fingerprint density at radius 1 is 1.24 bits per heavy atom. The van der Waals surface area contributed by atoms with Crippen molar-refractivity contribution in [3.8, 4) is 22.9 Å². The van der Waals surface area contributed by atoms with Gasteiger partial charge in [-0.15, -0.1) is 0 Å². The lowest BCUT2D eigenvalue weighted by Crippen LogP contribution is -2.09. The molecule has 5 nitrogen and oxygen atoms in total. The molecule has 6 heteroatoms. The predicted octanol–water partition coefficient (Wildman–Crippen LogP) is 4.54. The lowest BCUT2D eigenvalue weighted by molar-refractivity contribution is 0.286. The maximum atomic E-state index is 12.3. The monoisotopic (exact) mass is 402 g/mol. The summed E-state index contributed by atoms with van der Waals surface area (Å²) in [4.78, 5) is 19.7. The molecule has 1 heterocycles. The van der Waals surface area contributed by atoms with Gasteiger partial charge in [-0.25, -0.2) is 4.98 Å². The molecule has 1 aromatic heterocycles. The molecule has 0 aliphatic rings. The Bertz CT molecular complexity index is 953. The Kier molecular flexibility index (Phi) is 5.38. The minimum atomic E-state index is -0.168. The Hall–Kier alpha value is -2.34. The van der Waals surface area contributed by atoms with E-state index in [1.807, 2.05) is 30.3 Å². The first-order valence-electron chi connectivity index (χ1n) is 8.13. The van der Waals surface area contributed by atoms with Crippen LogP contribution in [0.5, 0.6) is 11.5 Å². The summed E-state index contributed by atoms with van der Waals surface area (Å²) >= 11 is 3.53. The highest BCUT2D eigenvalue weighted by atomic mass is 79.9. The molecule has 3 rings (SSSR count). The molecule has 0 bridgehead atoms. The Balaban J connectivity index is 2.06. The summed E-state index contributed by atoms with van der Waals surface area (Å²) in [6, 6.07) is 10.9. The number of ether oxygens (including phenoxy) is 2. The molecule has 1 N–H and O–H groups in total. The first-order chi connectivity index (χ1) is 12.1. The molecule has 0 radical (unpaired) electrons. The van der Waals surface area contributed by atoms with E-state index in [0.717, 1.165) is 22.9 Å². The molecular weight excluding hydrogens is 384 g/mol. The van der Waals surface area contributed by atoms with E-state index in [4.69, 9.17) is 9.47 Å². The summed E-state index contributed by atoms with van der Waals surface area (Å²) < 4.78 is 12.0. The molecule has 2 aromatic carbocycles. The third-order valence-electron chi connectivity index (χ3n) is 3.86. The number of methoxy groups -OCH3 is 1. The Labute approximate surface area is 154 Å². The van der Waals surface area contributed by atoms with E-state index >= 15 is 0 Å². The van der Waals surface area contributed by atoms with Gasteiger partial charge in [0.05, 0.1) is 29.1 Å². The second kappa shape index (κ2) is 7.70. The molecule has 25 heavy (non-hydrogen) atoms. The van der Waals surface area contributed by atoms with E-state index in [2.05, 4.69) is 32.8 Å². The van der Waals surface area contributed by atoms with Crippen LogP contribution in [0.1, 0.15) is 19.8 Å². The fourth-order valence-electron chi connectivity index (χ4n) is 2.54. The number of aromatic amines is 1. The smallest absolute Gasteiger partial charge is 0.259 e. The van der Waals surface area contributed by atoms with Crippen LogP contribution in [0.25, 0.3) is 22.3 Å². The van der Waals surface area contributed by atoms with Crippen LogP contribution in [0.2, 0.25) is 0 Å². The number of hydrogen-bond donors (Lipinski definition) is 1. The van der Waals surface area contributed by atoms with Gasteiger partial charge in [0.2, 0.25) is 0 Å². The summed E-state index contributed by atoms with van der Waals surface area (Å²) in [6.45, 7) is 2.73. The molecule has 0 saturated carbocycles. The fourth-order valence-corrected chi connectivity index (χ4v) is 3.09. The van der Waals surface area contributed by atoms with Crippen LogP contribution in [0.15, 0.2) is 45.7 Å². The van der Waals surface area contributed by atoms with Crippen LogP contribution in [0, 0.1) is 0 Å². The number of fused-ring (bicyclic) bond motifs is 1. The second-order valence-electron chi connectivity index (χ2n) is 5.62. The van der Waals surface area contributed by atoms with Crippen molar-refractivity contribution in [3.63, 3.8) is 0 Å². The average Bonchev–Trinajstić information content (AvgIpc) is 2.62. The largest absolute Gasteiger partial charge is 0.493 e. The molecule has 0 unspecified atom stereocenters. The summed E-state index contributed by atoms with van der Waals surface area (Å²) in [7, 11) is 1.59. The molecule has 3 aromatic rings. The summed E-state index contributed by atoms with van der Waals surface area (Å²) in [5, 5.41) is 0.566. The molecule has 0 fully saturated rings. The number of hydrogen-bond acceptors (Lipinski definition) is 4. The minimum Gasteiger partial charge on any atom is -0.493 e. The van der Waals surface area contributed by atoms with Crippen molar-refractivity contribution in [3.05, 3.63) is 51.2 Å². The molecular formula is C19H19BrN2O3. The van der Waals surface area contributed by atoms with E-state index < -0.39 is 0 Å². The van der Waals surface area contributed by atoms with Gasteiger partial charge in [-0.3, -0.25) is 4.79 Å².